The summed E-state index contributed by atoms with van der Waals surface area (Å²) >= 11 is 1.72. The first-order valence-corrected chi connectivity index (χ1v) is 10.7. The molecule has 0 aliphatic carbocycles. The number of thioether (sulfide) groups is 1. The molecule has 0 radical (unpaired) electrons. The highest BCUT2D eigenvalue weighted by Gasteiger charge is 2.23. The summed E-state index contributed by atoms with van der Waals surface area (Å²) in [4.78, 5) is 20.0. The molecule has 5 N–H and O–H groups in total. The number of hydrogen-bond acceptors (Lipinski definition) is 6. The molecule has 0 bridgehead atoms. The monoisotopic (exact) mass is 434 g/mol. The predicted molar refractivity (Wildman–Crippen MR) is 129 cm³/mol. The molecular weight excluding hydrogens is 408 g/mol. The first kappa shape index (κ1) is 22.3. The molecule has 0 spiro atoms. The van der Waals surface area contributed by atoms with E-state index in [1.807, 2.05) is 56.6 Å². The normalized spacial score (nSPS) is 15.3. The van der Waals surface area contributed by atoms with Crippen LogP contribution in [-0.4, -0.2) is 48.9 Å². The van der Waals surface area contributed by atoms with Crippen LogP contribution in [0.15, 0.2) is 69.6 Å². The molecule has 160 valence electrons. The fourth-order valence-electron chi connectivity index (χ4n) is 2.98. The van der Waals surface area contributed by atoms with E-state index in [4.69, 9.17) is 11.5 Å². The van der Waals surface area contributed by atoms with Gasteiger partial charge in [0.05, 0.1) is 0 Å². The van der Waals surface area contributed by atoms with E-state index in [9.17, 15) is 4.79 Å². The maximum Gasteiger partial charge on any atom is 0.270 e. The van der Waals surface area contributed by atoms with E-state index in [1.54, 1.807) is 17.8 Å². The van der Waals surface area contributed by atoms with Crippen molar-refractivity contribution in [3.8, 4) is 0 Å². The summed E-state index contributed by atoms with van der Waals surface area (Å²) in [7, 11) is 4.08. The van der Waals surface area contributed by atoms with Gasteiger partial charge in [-0.05, 0) is 36.7 Å². The van der Waals surface area contributed by atoms with Gasteiger partial charge in [-0.2, -0.15) is 5.10 Å². The second-order valence-corrected chi connectivity index (χ2v) is 8.31. The molecule has 1 amide bonds. The summed E-state index contributed by atoms with van der Waals surface area (Å²) in [6.07, 6.45) is 3.15. The predicted octanol–water partition coefficient (Wildman–Crippen LogP) is 0.571. The number of fused-ring (bicyclic) bond motifs is 1. The Labute approximate surface area is 185 Å². The third-order valence-corrected chi connectivity index (χ3v) is 5.64. The molecule has 3 rings (SSSR count). The van der Waals surface area contributed by atoms with Crippen LogP contribution in [0, 0.1) is 0 Å². The van der Waals surface area contributed by atoms with E-state index in [0.29, 0.717) is 11.7 Å². The number of amidine groups is 2. The minimum Gasteiger partial charge on any atom is -0.404 e. The van der Waals surface area contributed by atoms with Crippen LogP contribution in [0.2, 0.25) is 0 Å². The number of nitrogens with two attached hydrogens (primary N) is 2. The zero-order chi connectivity index (χ0) is 22.4. The number of rotatable bonds is 7. The maximum atomic E-state index is 12.5. The Morgan fingerprint density at radius 1 is 1.23 bits per heavy atom. The first-order chi connectivity index (χ1) is 14.9. The van der Waals surface area contributed by atoms with Crippen molar-refractivity contribution < 1.29 is 4.79 Å². The van der Waals surface area contributed by atoms with Gasteiger partial charge in [-0.15, -0.1) is 11.8 Å². The zero-order valence-electron chi connectivity index (χ0n) is 17.6. The van der Waals surface area contributed by atoms with Crippen molar-refractivity contribution in [3.63, 3.8) is 0 Å². The molecule has 0 aromatic heterocycles. The SMILES string of the molecule is C=C(/C=c1/cccc/c1=C/N)C(=O)N/N=C1\N=C(N)c2c(SCCN(C)C)cccc21. The molecule has 8 heteroatoms. The summed E-state index contributed by atoms with van der Waals surface area (Å²) in [6.45, 7) is 4.78. The van der Waals surface area contributed by atoms with Crippen LogP contribution in [0.3, 0.4) is 0 Å². The summed E-state index contributed by atoms with van der Waals surface area (Å²) in [5.41, 5.74) is 16.2. The molecule has 0 saturated heterocycles. The van der Waals surface area contributed by atoms with Crippen LogP contribution in [0.4, 0.5) is 0 Å². The number of carbonyl (C=O) groups is 1. The van der Waals surface area contributed by atoms with Gasteiger partial charge in [-0.3, -0.25) is 4.79 Å². The lowest BCUT2D eigenvalue weighted by Gasteiger charge is -2.11. The van der Waals surface area contributed by atoms with Gasteiger partial charge in [0.2, 0.25) is 0 Å². The Balaban J connectivity index is 1.78. The molecule has 0 saturated carbocycles. The zero-order valence-corrected chi connectivity index (χ0v) is 18.4. The van der Waals surface area contributed by atoms with Gasteiger partial charge in [-0.25, -0.2) is 10.4 Å². The van der Waals surface area contributed by atoms with Gasteiger partial charge < -0.3 is 16.4 Å². The fraction of sp³-hybridized carbons (Fsp3) is 0.174. The van der Waals surface area contributed by atoms with Crippen molar-refractivity contribution in [3.05, 3.63) is 76.2 Å². The van der Waals surface area contributed by atoms with Crippen molar-refractivity contribution in [2.24, 2.45) is 21.6 Å². The second kappa shape index (κ2) is 10.1. The molecule has 2 aromatic carbocycles. The minimum atomic E-state index is -0.432. The summed E-state index contributed by atoms with van der Waals surface area (Å²) in [5.74, 6) is 1.27. The lowest BCUT2D eigenvalue weighted by Crippen LogP contribution is -2.27. The van der Waals surface area contributed by atoms with Gasteiger partial charge in [0.15, 0.2) is 5.84 Å². The molecule has 0 atom stereocenters. The molecule has 0 unspecified atom stereocenters. The summed E-state index contributed by atoms with van der Waals surface area (Å²) < 4.78 is 0. The molecule has 31 heavy (non-hydrogen) atoms. The topological polar surface area (TPSA) is 109 Å². The smallest absolute Gasteiger partial charge is 0.270 e. The standard InChI is InChI=1S/C23H26N6OS/c1-15(13-16-7-4-5-8-17(16)14-24)23(30)28-27-22-18-9-6-10-19(20(18)21(25)26-22)31-12-11-29(2)3/h4-10,13-14H,1,11-12,24H2,2-3H3,(H,28,30)(H2,25,26,27)/b16-13-,17-14-. The van der Waals surface area contributed by atoms with E-state index in [2.05, 4.69) is 27.0 Å². The molecule has 1 aliphatic heterocycles. The van der Waals surface area contributed by atoms with E-state index in [-0.39, 0.29) is 5.57 Å². The van der Waals surface area contributed by atoms with Gasteiger partial charge in [0.1, 0.15) is 5.84 Å². The van der Waals surface area contributed by atoms with Crippen molar-refractivity contribution in [1.29, 1.82) is 0 Å². The number of hydrogen-bond donors (Lipinski definition) is 3. The average Bonchev–Trinajstić information content (AvgIpc) is 3.08. The van der Waals surface area contributed by atoms with Crippen LogP contribution in [0.5, 0.6) is 0 Å². The highest BCUT2D eigenvalue weighted by molar-refractivity contribution is 7.99. The number of benzene rings is 2. The van der Waals surface area contributed by atoms with Crippen molar-refractivity contribution in [2.45, 2.75) is 4.90 Å². The van der Waals surface area contributed by atoms with Crippen LogP contribution >= 0.6 is 11.8 Å². The number of carbonyl (C=O) groups excluding carboxylic acids is 1. The molecule has 1 aliphatic rings. The Hall–Kier alpha value is -3.36. The van der Waals surface area contributed by atoms with Crippen LogP contribution < -0.4 is 27.3 Å². The van der Waals surface area contributed by atoms with Crippen LogP contribution in [-0.2, 0) is 4.79 Å². The number of amides is 1. The average molecular weight is 435 g/mol. The Bertz CT molecular complexity index is 1180. The highest BCUT2D eigenvalue weighted by atomic mass is 32.2. The lowest BCUT2D eigenvalue weighted by molar-refractivity contribution is -0.117. The molecule has 1 heterocycles. The van der Waals surface area contributed by atoms with Gasteiger partial charge >= 0.3 is 0 Å². The van der Waals surface area contributed by atoms with E-state index in [1.165, 1.54) is 6.20 Å². The summed E-state index contributed by atoms with van der Waals surface area (Å²) in [5, 5.41) is 5.79. The van der Waals surface area contributed by atoms with Gasteiger partial charge in [0, 0.05) is 40.1 Å². The second-order valence-electron chi connectivity index (χ2n) is 7.17. The maximum absolute atomic E-state index is 12.5. The van der Waals surface area contributed by atoms with Gasteiger partial charge in [-0.1, -0.05) is 43.0 Å². The van der Waals surface area contributed by atoms with Crippen LogP contribution in [0.25, 0.3) is 12.3 Å². The van der Waals surface area contributed by atoms with Gasteiger partial charge in [0.25, 0.3) is 5.91 Å². The first-order valence-electron chi connectivity index (χ1n) is 9.71. The molecular formula is C23H26N6OS. The lowest BCUT2D eigenvalue weighted by atomic mass is 10.1. The number of nitrogens with one attached hydrogen (secondary N) is 1. The van der Waals surface area contributed by atoms with E-state index in [0.717, 1.165) is 38.8 Å². The van der Waals surface area contributed by atoms with E-state index >= 15 is 0 Å². The summed E-state index contributed by atoms with van der Waals surface area (Å²) in [6, 6.07) is 13.3. The molecule has 2 aromatic rings. The van der Waals surface area contributed by atoms with Crippen LogP contribution in [0.1, 0.15) is 11.1 Å². The Morgan fingerprint density at radius 3 is 2.68 bits per heavy atom. The number of hydrazone groups is 1. The third kappa shape index (κ3) is 5.42. The third-order valence-electron chi connectivity index (χ3n) is 4.61. The molecule has 7 nitrogen and oxygen atoms in total. The van der Waals surface area contributed by atoms with E-state index < -0.39 is 5.91 Å². The Kier molecular flexibility index (Phi) is 7.28. The highest BCUT2D eigenvalue weighted by Crippen LogP contribution is 2.29. The Morgan fingerprint density at radius 2 is 1.97 bits per heavy atom. The van der Waals surface area contributed by atoms with Crippen molar-refractivity contribution in [1.82, 2.24) is 10.3 Å². The molecule has 0 fully saturated rings. The largest absolute Gasteiger partial charge is 0.404 e. The quantitative estimate of drug-likeness (QED) is 0.335. The fourth-order valence-corrected chi connectivity index (χ4v) is 4.19. The minimum absolute atomic E-state index is 0.252. The van der Waals surface area contributed by atoms with Crippen molar-refractivity contribution >= 4 is 41.6 Å². The number of nitrogens with zero attached hydrogens (tertiary/aromatic N) is 3. The number of aliphatic imine (C=N–C) groups is 1. The van der Waals surface area contributed by atoms with Crippen molar-refractivity contribution in [2.75, 3.05) is 26.4 Å².